The molecule has 116 valence electrons. The van der Waals surface area contributed by atoms with Crippen LogP contribution in [-0.2, 0) is 4.79 Å². The Labute approximate surface area is 127 Å². The number of nitrogens with one attached hydrogen (secondary N) is 1. The van der Waals surface area contributed by atoms with Gasteiger partial charge >= 0.3 is 0 Å². The third-order valence-electron chi connectivity index (χ3n) is 4.32. The van der Waals surface area contributed by atoms with Gasteiger partial charge in [-0.25, -0.2) is 0 Å². The SMILES string of the molecule is CCCC[C@H](NC(=O)C1CCC(O)CC1)c1cccnc1. The Hall–Kier alpha value is -1.42. The van der Waals surface area contributed by atoms with Gasteiger partial charge in [-0.2, -0.15) is 0 Å². The zero-order chi connectivity index (χ0) is 15.1. The highest BCUT2D eigenvalue weighted by atomic mass is 16.3. The predicted octanol–water partition coefficient (Wildman–Crippen LogP) is 2.98. The lowest BCUT2D eigenvalue weighted by molar-refractivity contribution is -0.127. The number of aliphatic hydroxyl groups excluding tert-OH is 1. The standard InChI is InChI=1S/C17H26N2O2/c1-2-3-6-16(14-5-4-11-18-12-14)19-17(21)13-7-9-15(20)10-8-13/h4-5,11-13,15-16,20H,2-3,6-10H2,1H3,(H,19,21)/t13?,15?,16-/m0/s1. The van der Waals surface area contributed by atoms with E-state index in [0.717, 1.165) is 50.5 Å². The Morgan fingerprint density at radius 3 is 2.81 bits per heavy atom. The molecule has 0 radical (unpaired) electrons. The normalized spacial score (nSPS) is 23.5. The number of pyridine rings is 1. The van der Waals surface area contributed by atoms with E-state index in [9.17, 15) is 9.90 Å². The first kappa shape index (κ1) is 16.0. The molecule has 0 bridgehead atoms. The molecule has 1 aliphatic carbocycles. The zero-order valence-corrected chi connectivity index (χ0v) is 12.8. The van der Waals surface area contributed by atoms with Gasteiger partial charge in [0, 0.05) is 18.3 Å². The molecule has 2 N–H and O–H groups in total. The summed E-state index contributed by atoms with van der Waals surface area (Å²) in [6, 6.07) is 3.99. The molecule has 1 heterocycles. The maximum absolute atomic E-state index is 12.4. The molecule has 0 saturated heterocycles. The molecule has 1 aromatic rings. The van der Waals surface area contributed by atoms with E-state index in [0.29, 0.717) is 0 Å². The van der Waals surface area contributed by atoms with Crippen LogP contribution in [0.15, 0.2) is 24.5 Å². The van der Waals surface area contributed by atoms with Crippen LogP contribution in [0, 0.1) is 5.92 Å². The smallest absolute Gasteiger partial charge is 0.223 e. The van der Waals surface area contributed by atoms with Crippen LogP contribution in [0.5, 0.6) is 0 Å². The molecule has 1 saturated carbocycles. The van der Waals surface area contributed by atoms with Crippen molar-refractivity contribution in [2.75, 3.05) is 0 Å². The van der Waals surface area contributed by atoms with Gasteiger partial charge < -0.3 is 10.4 Å². The fraction of sp³-hybridized carbons (Fsp3) is 0.647. The molecule has 2 rings (SSSR count). The molecule has 0 unspecified atom stereocenters. The molecule has 1 amide bonds. The van der Waals surface area contributed by atoms with Gasteiger partial charge in [-0.1, -0.05) is 25.8 Å². The fourth-order valence-corrected chi connectivity index (χ4v) is 2.94. The minimum absolute atomic E-state index is 0.0502. The number of rotatable bonds is 6. The molecule has 0 spiro atoms. The van der Waals surface area contributed by atoms with Gasteiger partial charge in [-0.05, 0) is 43.7 Å². The molecule has 0 aliphatic heterocycles. The first-order chi connectivity index (χ1) is 10.2. The van der Waals surface area contributed by atoms with Crippen LogP contribution < -0.4 is 5.32 Å². The van der Waals surface area contributed by atoms with Crippen molar-refractivity contribution >= 4 is 5.91 Å². The molecule has 0 aromatic carbocycles. The Morgan fingerprint density at radius 2 is 2.19 bits per heavy atom. The van der Waals surface area contributed by atoms with E-state index < -0.39 is 0 Å². The fourth-order valence-electron chi connectivity index (χ4n) is 2.94. The average Bonchev–Trinajstić information content (AvgIpc) is 2.52. The first-order valence-corrected chi connectivity index (χ1v) is 8.09. The average molecular weight is 290 g/mol. The lowest BCUT2D eigenvalue weighted by atomic mass is 9.86. The quantitative estimate of drug-likeness (QED) is 0.846. The number of amides is 1. The third kappa shape index (κ3) is 4.81. The van der Waals surface area contributed by atoms with E-state index in [2.05, 4.69) is 17.2 Å². The van der Waals surface area contributed by atoms with Crippen molar-refractivity contribution in [3.05, 3.63) is 30.1 Å². The largest absolute Gasteiger partial charge is 0.393 e. The van der Waals surface area contributed by atoms with E-state index in [4.69, 9.17) is 0 Å². The van der Waals surface area contributed by atoms with Crippen molar-refractivity contribution in [1.29, 1.82) is 0 Å². The van der Waals surface area contributed by atoms with E-state index in [1.54, 1.807) is 6.20 Å². The predicted molar refractivity (Wildman–Crippen MR) is 82.6 cm³/mol. The van der Waals surface area contributed by atoms with Crippen LogP contribution in [0.4, 0.5) is 0 Å². The molecule has 4 nitrogen and oxygen atoms in total. The number of nitrogens with zero attached hydrogens (tertiary/aromatic N) is 1. The number of hydrogen-bond donors (Lipinski definition) is 2. The maximum atomic E-state index is 12.4. The number of aromatic nitrogens is 1. The highest BCUT2D eigenvalue weighted by Gasteiger charge is 2.26. The minimum Gasteiger partial charge on any atom is -0.393 e. The second-order valence-electron chi connectivity index (χ2n) is 6.00. The van der Waals surface area contributed by atoms with E-state index in [1.165, 1.54) is 0 Å². The lowest BCUT2D eigenvalue weighted by Gasteiger charge is -2.27. The molecular formula is C17H26N2O2. The Morgan fingerprint density at radius 1 is 1.43 bits per heavy atom. The molecule has 1 fully saturated rings. The molecule has 1 aromatic heterocycles. The summed E-state index contributed by atoms with van der Waals surface area (Å²) in [6.45, 7) is 2.16. The van der Waals surface area contributed by atoms with Gasteiger partial charge in [-0.3, -0.25) is 9.78 Å². The summed E-state index contributed by atoms with van der Waals surface area (Å²) >= 11 is 0. The van der Waals surface area contributed by atoms with Gasteiger partial charge in [0.05, 0.1) is 12.1 Å². The van der Waals surface area contributed by atoms with Crippen LogP contribution in [-0.4, -0.2) is 22.1 Å². The van der Waals surface area contributed by atoms with Crippen molar-refractivity contribution < 1.29 is 9.90 Å². The summed E-state index contributed by atoms with van der Waals surface area (Å²) in [4.78, 5) is 16.6. The van der Waals surface area contributed by atoms with Crippen molar-refractivity contribution in [3.63, 3.8) is 0 Å². The molecule has 1 atom stereocenters. The van der Waals surface area contributed by atoms with Gasteiger partial charge in [0.25, 0.3) is 0 Å². The summed E-state index contributed by atoms with van der Waals surface area (Å²) in [5.74, 6) is 0.182. The second kappa shape index (κ2) is 8.13. The lowest BCUT2D eigenvalue weighted by Crippen LogP contribution is -2.36. The number of carbonyl (C=O) groups excluding carboxylic acids is 1. The molecule has 4 heteroatoms. The highest BCUT2D eigenvalue weighted by Crippen LogP contribution is 2.26. The van der Waals surface area contributed by atoms with Gasteiger partial charge in [0.2, 0.25) is 5.91 Å². The summed E-state index contributed by atoms with van der Waals surface area (Å²) in [6.07, 6.45) is 9.59. The van der Waals surface area contributed by atoms with Crippen molar-refractivity contribution in [3.8, 4) is 0 Å². The van der Waals surface area contributed by atoms with Crippen molar-refractivity contribution in [1.82, 2.24) is 10.3 Å². The summed E-state index contributed by atoms with van der Waals surface area (Å²) in [5.41, 5.74) is 1.08. The number of carbonyl (C=O) groups is 1. The van der Waals surface area contributed by atoms with Crippen LogP contribution in [0.1, 0.15) is 63.5 Å². The van der Waals surface area contributed by atoms with E-state index in [-0.39, 0.29) is 24.0 Å². The maximum Gasteiger partial charge on any atom is 0.223 e. The first-order valence-electron chi connectivity index (χ1n) is 8.09. The zero-order valence-electron chi connectivity index (χ0n) is 12.8. The summed E-state index contributed by atoms with van der Waals surface area (Å²) < 4.78 is 0. The van der Waals surface area contributed by atoms with Crippen LogP contribution in [0.2, 0.25) is 0 Å². The van der Waals surface area contributed by atoms with Crippen LogP contribution >= 0.6 is 0 Å². The highest BCUT2D eigenvalue weighted by molar-refractivity contribution is 5.79. The Bertz CT molecular complexity index is 428. The second-order valence-corrected chi connectivity index (χ2v) is 6.00. The van der Waals surface area contributed by atoms with Gasteiger partial charge in [0.1, 0.15) is 0 Å². The third-order valence-corrected chi connectivity index (χ3v) is 4.32. The Kier molecular flexibility index (Phi) is 6.18. The molecule has 21 heavy (non-hydrogen) atoms. The minimum atomic E-state index is -0.219. The summed E-state index contributed by atoms with van der Waals surface area (Å²) in [5, 5.41) is 12.7. The van der Waals surface area contributed by atoms with Gasteiger partial charge in [0.15, 0.2) is 0 Å². The van der Waals surface area contributed by atoms with Crippen molar-refractivity contribution in [2.45, 2.75) is 64.0 Å². The van der Waals surface area contributed by atoms with Crippen LogP contribution in [0.25, 0.3) is 0 Å². The van der Waals surface area contributed by atoms with Gasteiger partial charge in [-0.15, -0.1) is 0 Å². The molecular weight excluding hydrogens is 264 g/mol. The topological polar surface area (TPSA) is 62.2 Å². The Balaban J connectivity index is 1.96. The molecule has 1 aliphatic rings. The number of aliphatic hydroxyl groups is 1. The van der Waals surface area contributed by atoms with Crippen LogP contribution in [0.3, 0.4) is 0 Å². The van der Waals surface area contributed by atoms with E-state index in [1.807, 2.05) is 18.3 Å². The number of unbranched alkanes of at least 4 members (excludes halogenated alkanes) is 1. The number of hydrogen-bond acceptors (Lipinski definition) is 3. The summed E-state index contributed by atoms with van der Waals surface area (Å²) in [7, 11) is 0. The van der Waals surface area contributed by atoms with E-state index >= 15 is 0 Å². The van der Waals surface area contributed by atoms with Crippen molar-refractivity contribution in [2.24, 2.45) is 5.92 Å². The monoisotopic (exact) mass is 290 g/mol.